The summed E-state index contributed by atoms with van der Waals surface area (Å²) in [5.74, 6) is 0. The molecule has 0 fully saturated rings. The van der Waals surface area contributed by atoms with Crippen molar-refractivity contribution in [3.8, 4) is 11.1 Å². The SMILES string of the molecule is C[N+](C)(C)c1ccccc1-c1ccccc1[N+](C)(C)C. The molecule has 0 N–H and O–H groups in total. The van der Waals surface area contributed by atoms with Crippen molar-refractivity contribution in [3.05, 3.63) is 48.5 Å². The van der Waals surface area contributed by atoms with Crippen LogP contribution in [0.4, 0.5) is 11.4 Å². The van der Waals surface area contributed by atoms with Crippen molar-refractivity contribution < 1.29 is 0 Å². The molecule has 106 valence electrons. The fourth-order valence-corrected chi connectivity index (χ4v) is 2.57. The summed E-state index contributed by atoms with van der Waals surface area (Å²) < 4.78 is 1.64. The molecule has 2 nitrogen and oxygen atoms in total. The second kappa shape index (κ2) is 5.04. The third-order valence-corrected chi connectivity index (χ3v) is 3.54. The van der Waals surface area contributed by atoms with Crippen LogP contribution in [0.5, 0.6) is 0 Å². The molecule has 0 saturated carbocycles. The van der Waals surface area contributed by atoms with Gasteiger partial charge in [0.1, 0.15) is 11.4 Å². The van der Waals surface area contributed by atoms with Crippen LogP contribution in [0.25, 0.3) is 11.1 Å². The average Bonchev–Trinajstić information content (AvgIpc) is 2.37. The summed E-state index contributed by atoms with van der Waals surface area (Å²) in [5.41, 5.74) is 5.33. The second-order valence-electron chi connectivity index (χ2n) is 7.06. The minimum Gasteiger partial charge on any atom is -0.298 e. The Morgan fingerprint density at radius 2 is 0.800 bits per heavy atom. The maximum Gasteiger partial charge on any atom is 0.140 e. The molecule has 0 aliphatic heterocycles. The highest BCUT2D eigenvalue weighted by Gasteiger charge is 2.24. The first-order chi connectivity index (χ1) is 9.21. The molecular weight excluding hydrogens is 244 g/mol. The van der Waals surface area contributed by atoms with Gasteiger partial charge in [-0.2, -0.15) is 0 Å². The molecule has 0 unspecified atom stereocenters. The van der Waals surface area contributed by atoms with Crippen LogP contribution >= 0.6 is 0 Å². The third kappa shape index (κ3) is 2.92. The summed E-state index contributed by atoms with van der Waals surface area (Å²) in [6.45, 7) is 0. The second-order valence-corrected chi connectivity index (χ2v) is 7.06. The summed E-state index contributed by atoms with van der Waals surface area (Å²) >= 11 is 0. The van der Waals surface area contributed by atoms with Gasteiger partial charge in [-0.15, -0.1) is 0 Å². The van der Waals surface area contributed by atoms with Crippen LogP contribution in [-0.2, 0) is 0 Å². The van der Waals surface area contributed by atoms with Crippen molar-refractivity contribution in [1.82, 2.24) is 8.97 Å². The highest BCUT2D eigenvalue weighted by molar-refractivity contribution is 5.85. The number of hydrogen-bond acceptors (Lipinski definition) is 0. The first-order valence-electron chi connectivity index (χ1n) is 7.04. The van der Waals surface area contributed by atoms with Gasteiger partial charge in [0.25, 0.3) is 0 Å². The summed E-state index contributed by atoms with van der Waals surface area (Å²) in [5, 5.41) is 0. The van der Waals surface area contributed by atoms with Gasteiger partial charge in [0.05, 0.1) is 42.3 Å². The Morgan fingerprint density at radius 1 is 0.500 bits per heavy atom. The van der Waals surface area contributed by atoms with Crippen LogP contribution in [0.3, 0.4) is 0 Å². The topological polar surface area (TPSA) is 0 Å². The van der Waals surface area contributed by atoms with E-state index in [1.165, 1.54) is 22.5 Å². The predicted octanol–water partition coefficient (Wildman–Crippen LogP) is 3.75. The molecule has 20 heavy (non-hydrogen) atoms. The summed E-state index contributed by atoms with van der Waals surface area (Å²) in [6, 6.07) is 17.4. The average molecular weight is 270 g/mol. The molecule has 0 amide bonds. The molecule has 0 atom stereocenters. The van der Waals surface area contributed by atoms with Crippen molar-refractivity contribution in [1.29, 1.82) is 0 Å². The lowest BCUT2D eigenvalue weighted by Gasteiger charge is -2.29. The molecule has 0 saturated heterocycles. The molecule has 0 aromatic heterocycles. The summed E-state index contributed by atoms with van der Waals surface area (Å²) in [4.78, 5) is 0. The third-order valence-electron chi connectivity index (χ3n) is 3.54. The first-order valence-corrected chi connectivity index (χ1v) is 7.04. The quantitative estimate of drug-likeness (QED) is 0.745. The highest BCUT2D eigenvalue weighted by atomic mass is 15.3. The molecule has 0 bridgehead atoms. The van der Waals surface area contributed by atoms with Crippen molar-refractivity contribution in [2.24, 2.45) is 0 Å². The maximum atomic E-state index is 2.23. The van der Waals surface area contributed by atoms with Gasteiger partial charge in [-0.25, -0.2) is 0 Å². The summed E-state index contributed by atoms with van der Waals surface area (Å²) in [6.07, 6.45) is 0. The van der Waals surface area contributed by atoms with Gasteiger partial charge < -0.3 is 0 Å². The zero-order chi connectivity index (χ0) is 15.0. The van der Waals surface area contributed by atoms with Crippen LogP contribution in [0.2, 0.25) is 0 Å². The number of hydrogen-bond donors (Lipinski definition) is 0. The van der Waals surface area contributed by atoms with Crippen molar-refractivity contribution >= 4 is 11.4 Å². The van der Waals surface area contributed by atoms with Crippen LogP contribution in [0, 0.1) is 0 Å². The number of para-hydroxylation sites is 2. The van der Waals surface area contributed by atoms with E-state index >= 15 is 0 Å². The van der Waals surface area contributed by atoms with Crippen molar-refractivity contribution in [2.45, 2.75) is 0 Å². The van der Waals surface area contributed by atoms with E-state index < -0.39 is 0 Å². The van der Waals surface area contributed by atoms with E-state index in [-0.39, 0.29) is 0 Å². The zero-order valence-corrected chi connectivity index (χ0v) is 13.5. The fourth-order valence-electron chi connectivity index (χ4n) is 2.57. The molecule has 2 rings (SSSR count). The maximum absolute atomic E-state index is 2.23. The largest absolute Gasteiger partial charge is 0.298 e. The molecule has 0 aliphatic rings. The fraction of sp³-hybridized carbons (Fsp3) is 0.333. The zero-order valence-electron chi connectivity index (χ0n) is 13.5. The van der Waals surface area contributed by atoms with Crippen LogP contribution in [-0.4, -0.2) is 42.3 Å². The van der Waals surface area contributed by atoms with E-state index in [0.29, 0.717) is 0 Å². The minimum absolute atomic E-state index is 0.821. The van der Waals surface area contributed by atoms with Gasteiger partial charge >= 0.3 is 0 Å². The van der Waals surface area contributed by atoms with Gasteiger partial charge in [0.2, 0.25) is 0 Å². The summed E-state index contributed by atoms with van der Waals surface area (Å²) in [7, 11) is 13.3. The van der Waals surface area contributed by atoms with Crippen LogP contribution < -0.4 is 8.97 Å². The van der Waals surface area contributed by atoms with Gasteiger partial charge in [-0.1, -0.05) is 24.3 Å². The van der Waals surface area contributed by atoms with Crippen molar-refractivity contribution in [3.63, 3.8) is 0 Å². The smallest absolute Gasteiger partial charge is 0.140 e. The number of rotatable bonds is 3. The highest BCUT2D eigenvalue weighted by Crippen LogP contribution is 2.38. The number of nitrogens with zero attached hydrogens (tertiary/aromatic N) is 2. The first kappa shape index (κ1) is 14.8. The van der Waals surface area contributed by atoms with Crippen molar-refractivity contribution in [2.75, 3.05) is 42.3 Å². The standard InChI is InChI=1S/C18H26N2/c1-19(2,3)17-13-9-7-11-15(17)16-12-8-10-14-18(16)20(4,5)6/h7-14H,1-6H3/q+2. The lowest BCUT2D eigenvalue weighted by Crippen LogP contribution is -2.36. The van der Waals surface area contributed by atoms with Gasteiger partial charge in [-0.3, -0.25) is 8.97 Å². The predicted molar refractivity (Wildman–Crippen MR) is 91.0 cm³/mol. The molecule has 0 spiro atoms. The van der Waals surface area contributed by atoms with Gasteiger partial charge in [0.15, 0.2) is 0 Å². The van der Waals surface area contributed by atoms with E-state index in [1.54, 1.807) is 0 Å². The lowest BCUT2D eigenvalue weighted by molar-refractivity contribution is 0.483. The minimum atomic E-state index is 0.821. The van der Waals surface area contributed by atoms with Gasteiger partial charge in [-0.05, 0) is 24.3 Å². The Bertz CT molecular complexity index is 546. The molecule has 0 radical (unpaired) electrons. The molecule has 0 aliphatic carbocycles. The van der Waals surface area contributed by atoms with E-state index in [0.717, 1.165) is 8.97 Å². The molecule has 2 aromatic rings. The van der Waals surface area contributed by atoms with E-state index in [1.807, 2.05) is 0 Å². The molecule has 2 heteroatoms. The van der Waals surface area contributed by atoms with Crippen LogP contribution in [0.1, 0.15) is 0 Å². The van der Waals surface area contributed by atoms with Gasteiger partial charge in [0, 0.05) is 11.1 Å². The van der Waals surface area contributed by atoms with E-state index in [2.05, 4.69) is 90.8 Å². The van der Waals surface area contributed by atoms with E-state index in [4.69, 9.17) is 0 Å². The molecule has 0 heterocycles. The Morgan fingerprint density at radius 3 is 1.10 bits per heavy atom. The lowest BCUT2D eigenvalue weighted by atomic mass is 9.99. The Kier molecular flexibility index (Phi) is 3.72. The normalized spacial score (nSPS) is 12.5. The Hall–Kier alpha value is -1.64. The molecular formula is C18H26N2+2. The Labute approximate surface area is 123 Å². The Balaban J connectivity index is 2.71. The van der Waals surface area contributed by atoms with E-state index in [9.17, 15) is 0 Å². The molecule has 2 aromatic carbocycles. The van der Waals surface area contributed by atoms with Crippen LogP contribution in [0.15, 0.2) is 48.5 Å². The number of benzene rings is 2. The monoisotopic (exact) mass is 270 g/mol. The number of quaternary nitrogens is 2.